The number of anilines is 2. The Bertz CT molecular complexity index is 1500. The van der Waals surface area contributed by atoms with Gasteiger partial charge in [0.1, 0.15) is 41.6 Å². The second-order valence-electron chi connectivity index (χ2n) is 9.18. The fourth-order valence-electron chi connectivity index (χ4n) is 4.23. The Labute approximate surface area is 232 Å². The molecular formula is C30H29ClN4O4. The number of aromatic nitrogens is 2. The Morgan fingerprint density at radius 1 is 1.08 bits per heavy atom. The fourth-order valence-corrected chi connectivity index (χ4v) is 4.45. The number of ether oxygens (including phenoxy) is 3. The van der Waals surface area contributed by atoms with Gasteiger partial charge in [0.15, 0.2) is 0 Å². The van der Waals surface area contributed by atoms with Crippen LogP contribution < -0.4 is 20.1 Å². The maximum Gasteiger partial charge on any atom is 0.146 e. The van der Waals surface area contributed by atoms with Gasteiger partial charge in [0, 0.05) is 30.8 Å². The van der Waals surface area contributed by atoms with Crippen LogP contribution in [0.3, 0.4) is 0 Å². The van der Waals surface area contributed by atoms with Crippen molar-refractivity contribution in [3.05, 3.63) is 77.6 Å². The molecule has 1 saturated heterocycles. The van der Waals surface area contributed by atoms with E-state index in [1.165, 1.54) is 6.33 Å². The van der Waals surface area contributed by atoms with E-state index in [0.717, 1.165) is 24.0 Å². The van der Waals surface area contributed by atoms with Gasteiger partial charge in [-0.05, 0) is 55.8 Å². The second-order valence-corrected chi connectivity index (χ2v) is 9.58. The van der Waals surface area contributed by atoms with Crippen molar-refractivity contribution in [1.29, 1.82) is 0 Å². The third kappa shape index (κ3) is 6.77. The molecular weight excluding hydrogens is 516 g/mol. The number of halogens is 1. The highest BCUT2D eigenvalue weighted by Gasteiger charge is 2.26. The van der Waals surface area contributed by atoms with Crippen molar-refractivity contribution in [2.75, 3.05) is 38.7 Å². The highest BCUT2D eigenvalue weighted by atomic mass is 35.5. The van der Waals surface area contributed by atoms with Crippen molar-refractivity contribution >= 4 is 34.0 Å². The van der Waals surface area contributed by atoms with Gasteiger partial charge in [0.2, 0.25) is 0 Å². The number of nitrogens with zero attached hydrogens (tertiary/aromatic N) is 2. The number of fused-ring (bicyclic) bond motifs is 1. The minimum Gasteiger partial charge on any atom is -0.490 e. The van der Waals surface area contributed by atoms with Crippen LogP contribution in [0.4, 0.5) is 11.5 Å². The average Bonchev–Trinajstić information content (AvgIpc) is 2.95. The van der Waals surface area contributed by atoms with Crippen LogP contribution in [0.1, 0.15) is 18.4 Å². The fraction of sp³-hybridized carbons (Fsp3) is 0.267. The minimum absolute atomic E-state index is 0.356. The Kier molecular flexibility index (Phi) is 8.45. The van der Waals surface area contributed by atoms with Crippen LogP contribution in [0.2, 0.25) is 5.02 Å². The van der Waals surface area contributed by atoms with Crippen molar-refractivity contribution < 1.29 is 19.3 Å². The van der Waals surface area contributed by atoms with Gasteiger partial charge in [-0.25, -0.2) is 9.97 Å². The summed E-state index contributed by atoms with van der Waals surface area (Å²) in [6.45, 7) is 2.09. The van der Waals surface area contributed by atoms with Gasteiger partial charge in [-0.1, -0.05) is 41.6 Å². The summed E-state index contributed by atoms with van der Waals surface area (Å²) >= 11 is 6.53. The number of hydrogen-bond acceptors (Lipinski definition) is 8. The van der Waals surface area contributed by atoms with E-state index >= 15 is 0 Å². The van der Waals surface area contributed by atoms with Crippen LogP contribution in [-0.4, -0.2) is 54.1 Å². The third-order valence-corrected chi connectivity index (χ3v) is 6.53. The second kappa shape index (κ2) is 12.3. The van der Waals surface area contributed by atoms with E-state index in [-0.39, 0.29) is 0 Å². The van der Waals surface area contributed by atoms with Crippen molar-refractivity contribution in [2.24, 2.45) is 0 Å². The average molecular weight is 545 g/mol. The number of benzene rings is 3. The predicted octanol–water partition coefficient (Wildman–Crippen LogP) is 5.31. The first kappa shape index (κ1) is 26.7. The predicted molar refractivity (Wildman–Crippen MR) is 152 cm³/mol. The topological polar surface area (TPSA) is 97.8 Å². The van der Waals surface area contributed by atoms with E-state index in [1.807, 2.05) is 48.5 Å². The summed E-state index contributed by atoms with van der Waals surface area (Å²) in [6.07, 6.45) is 2.96. The van der Waals surface area contributed by atoms with Gasteiger partial charge in [-0.15, -0.1) is 0 Å². The summed E-state index contributed by atoms with van der Waals surface area (Å²) in [5.74, 6) is 8.59. The Hall–Kier alpha value is -3.87. The lowest BCUT2D eigenvalue weighted by Crippen LogP contribution is -2.44. The van der Waals surface area contributed by atoms with Crippen molar-refractivity contribution in [1.82, 2.24) is 15.3 Å². The van der Waals surface area contributed by atoms with Crippen molar-refractivity contribution in [3.63, 3.8) is 0 Å². The number of nitrogens with one attached hydrogen (secondary N) is 2. The summed E-state index contributed by atoms with van der Waals surface area (Å²) in [5, 5.41) is 18.6. The molecule has 3 N–H and O–H groups in total. The molecule has 0 radical (unpaired) electrons. The summed E-state index contributed by atoms with van der Waals surface area (Å²) < 4.78 is 17.0. The molecule has 1 aliphatic rings. The zero-order valence-electron chi connectivity index (χ0n) is 21.5. The molecule has 4 aromatic rings. The third-order valence-electron chi connectivity index (χ3n) is 6.24. The molecule has 1 fully saturated rings. The summed E-state index contributed by atoms with van der Waals surface area (Å²) in [4.78, 5) is 8.91. The number of methoxy groups -OCH3 is 1. The molecule has 1 aliphatic heterocycles. The van der Waals surface area contributed by atoms with Crippen LogP contribution in [0.5, 0.6) is 17.2 Å². The number of β-amino-alcohol motifs (C(OH)–C–C–N with tert-alkyl or cyclic N) is 1. The van der Waals surface area contributed by atoms with Crippen LogP contribution in [-0.2, 0) is 4.74 Å². The Morgan fingerprint density at radius 2 is 1.95 bits per heavy atom. The highest BCUT2D eigenvalue weighted by molar-refractivity contribution is 6.32. The van der Waals surface area contributed by atoms with E-state index in [0.29, 0.717) is 65.3 Å². The molecule has 0 saturated carbocycles. The van der Waals surface area contributed by atoms with Gasteiger partial charge < -0.3 is 30.0 Å². The van der Waals surface area contributed by atoms with E-state index < -0.39 is 5.60 Å². The minimum atomic E-state index is -1.09. The van der Waals surface area contributed by atoms with Crippen molar-refractivity contribution in [3.8, 4) is 29.1 Å². The number of aliphatic hydroxyl groups is 1. The van der Waals surface area contributed by atoms with E-state index in [4.69, 9.17) is 25.8 Å². The maximum absolute atomic E-state index is 10.9. The van der Waals surface area contributed by atoms with Gasteiger partial charge in [-0.3, -0.25) is 0 Å². The summed E-state index contributed by atoms with van der Waals surface area (Å²) in [7, 11) is 1.62. The molecule has 39 heavy (non-hydrogen) atoms. The first-order valence-electron chi connectivity index (χ1n) is 12.7. The van der Waals surface area contributed by atoms with Crippen LogP contribution in [0.15, 0.2) is 67.0 Å². The molecule has 8 nitrogen and oxygen atoms in total. The number of rotatable bonds is 8. The molecule has 9 heteroatoms. The molecule has 1 atom stereocenters. The quantitative estimate of drug-likeness (QED) is 0.203. The highest BCUT2D eigenvalue weighted by Crippen LogP contribution is 2.34. The van der Waals surface area contributed by atoms with Gasteiger partial charge in [-0.2, -0.15) is 0 Å². The lowest BCUT2D eigenvalue weighted by Gasteiger charge is -2.27. The zero-order chi connectivity index (χ0) is 27.1. The molecule has 0 bridgehead atoms. The van der Waals surface area contributed by atoms with E-state index in [2.05, 4.69) is 32.4 Å². The van der Waals surface area contributed by atoms with E-state index in [9.17, 15) is 5.11 Å². The van der Waals surface area contributed by atoms with Crippen LogP contribution in [0, 0.1) is 11.8 Å². The normalized spacial score (nSPS) is 16.8. The Balaban J connectivity index is 1.45. The van der Waals surface area contributed by atoms with Crippen LogP contribution >= 0.6 is 11.6 Å². The lowest BCUT2D eigenvalue weighted by atomic mass is 9.94. The van der Waals surface area contributed by atoms with Crippen LogP contribution in [0.25, 0.3) is 10.9 Å². The Morgan fingerprint density at radius 3 is 2.72 bits per heavy atom. The molecule has 2 heterocycles. The molecule has 0 amide bonds. The standard InChI is InChI=1S/C30H29ClN4O4/c1-37-14-15-38-28-18-26-24(16-21(28)10-12-30(36)11-5-13-32-19-30)29(34-20-33-26)35-22-8-9-27(25(31)17-22)39-23-6-3-2-4-7-23/h2-4,6-9,16-18,20,32,36H,5,11,13-15,19H2,1H3,(H,33,34,35). The number of hydrogen-bond donors (Lipinski definition) is 3. The van der Waals surface area contributed by atoms with E-state index in [1.54, 1.807) is 19.2 Å². The smallest absolute Gasteiger partial charge is 0.146 e. The monoisotopic (exact) mass is 544 g/mol. The maximum atomic E-state index is 10.9. The zero-order valence-corrected chi connectivity index (χ0v) is 22.3. The summed E-state index contributed by atoms with van der Waals surface area (Å²) in [5.41, 5.74) is 0.945. The number of para-hydroxylation sites is 1. The molecule has 0 spiro atoms. The molecule has 5 rings (SSSR count). The van der Waals surface area contributed by atoms with Gasteiger partial charge in [0.25, 0.3) is 0 Å². The van der Waals surface area contributed by atoms with Crippen molar-refractivity contribution in [2.45, 2.75) is 18.4 Å². The summed E-state index contributed by atoms with van der Waals surface area (Å²) in [6, 6.07) is 18.6. The molecule has 200 valence electrons. The SMILES string of the molecule is COCCOc1cc2ncnc(Nc3ccc(Oc4ccccc4)c(Cl)c3)c2cc1C#CC1(O)CCCNC1. The largest absolute Gasteiger partial charge is 0.490 e. The van der Waals surface area contributed by atoms with Gasteiger partial charge >= 0.3 is 0 Å². The number of piperidine rings is 1. The lowest BCUT2D eigenvalue weighted by molar-refractivity contribution is 0.0736. The molecule has 1 aromatic heterocycles. The molecule has 0 aliphatic carbocycles. The molecule has 3 aromatic carbocycles. The van der Waals surface area contributed by atoms with Gasteiger partial charge in [0.05, 0.1) is 22.7 Å². The first-order chi connectivity index (χ1) is 19.0. The molecule has 1 unspecified atom stereocenters. The first-order valence-corrected chi connectivity index (χ1v) is 13.1.